The van der Waals surface area contributed by atoms with Crippen LogP contribution in [0.5, 0.6) is 0 Å². The number of rotatable bonds is 4. The number of halogens is 1. The van der Waals surface area contributed by atoms with Crippen LogP contribution < -0.4 is 5.73 Å². The molecule has 0 aliphatic carbocycles. The predicted molar refractivity (Wildman–Crippen MR) is 70.7 cm³/mol. The van der Waals surface area contributed by atoms with E-state index in [0.29, 0.717) is 0 Å². The number of nitrogens with two attached hydrogens (primary N) is 1. The van der Waals surface area contributed by atoms with E-state index in [2.05, 4.69) is 5.16 Å². The molecule has 0 heterocycles. The SMILES string of the molecule is Cc1ccc(F)c(C(=O)N(CC(N)=NO)C(C)C)c1. The molecule has 0 saturated carbocycles. The molecule has 0 aliphatic rings. The summed E-state index contributed by atoms with van der Waals surface area (Å²) < 4.78 is 13.7. The van der Waals surface area contributed by atoms with E-state index in [0.717, 1.165) is 5.56 Å². The highest BCUT2D eigenvalue weighted by molar-refractivity contribution is 5.97. The van der Waals surface area contributed by atoms with E-state index in [1.54, 1.807) is 26.8 Å². The Morgan fingerprint density at radius 2 is 2.16 bits per heavy atom. The molecule has 0 aliphatic heterocycles. The number of oxime groups is 1. The van der Waals surface area contributed by atoms with Gasteiger partial charge in [-0.2, -0.15) is 0 Å². The average molecular weight is 267 g/mol. The van der Waals surface area contributed by atoms with Gasteiger partial charge in [0.15, 0.2) is 5.84 Å². The van der Waals surface area contributed by atoms with Crippen molar-refractivity contribution >= 4 is 11.7 Å². The van der Waals surface area contributed by atoms with E-state index in [1.807, 2.05) is 0 Å². The summed E-state index contributed by atoms with van der Waals surface area (Å²) in [7, 11) is 0. The molecule has 0 fully saturated rings. The first-order valence-corrected chi connectivity index (χ1v) is 5.90. The zero-order valence-corrected chi connectivity index (χ0v) is 11.2. The average Bonchev–Trinajstić information content (AvgIpc) is 2.37. The van der Waals surface area contributed by atoms with Gasteiger partial charge in [0.05, 0.1) is 12.1 Å². The van der Waals surface area contributed by atoms with Gasteiger partial charge < -0.3 is 15.8 Å². The Balaban J connectivity index is 3.09. The number of nitrogens with zero attached hydrogens (tertiary/aromatic N) is 2. The fraction of sp³-hybridized carbons (Fsp3) is 0.385. The second-order valence-corrected chi connectivity index (χ2v) is 4.60. The van der Waals surface area contributed by atoms with Crippen molar-refractivity contribution in [1.29, 1.82) is 0 Å². The smallest absolute Gasteiger partial charge is 0.257 e. The maximum Gasteiger partial charge on any atom is 0.257 e. The molecule has 0 radical (unpaired) electrons. The molecule has 1 amide bonds. The lowest BCUT2D eigenvalue weighted by Crippen LogP contribution is -2.43. The van der Waals surface area contributed by atoms with Crippen molar-refractivity contribution in [2.45, 2.75) is 26.8 Å². The Morgan fingerprint density at radius 1 is 1.53 bits per heavy atom. The largest absolute Gasteiger partial charge is 0.409 e. The lowest BCUT2D eigenvalue weighted by molar-refractivity contribution is 0.0729. The zero-order chi connectivity index (χ0) is 14.6. The Morgan fingerprint density at radius 3 is 2.68 bits per heavy atom. The third kappa shape index (κ3) is 3.67. The molecule has 0 saturated heterocycles. The number of amidine groups is 1. The first-order valence-electron chi connectivity index (χ1n) is 5.90. The Hall–Kier alpha value is -2.11. The van der Waals surface area contributed by atoms with Crippen LogP contribution in [0.3, 0.4) is 0 Å². The van der Waals surface area contributed by atoms with Crippen LogP contribution in [0.4, 0.5) is 4.39 Å². The third-order valence-electron chi connectivity index (χ3n) is 2.70. The number of hydrogen-bond acceptors (Lipinski definition) is 3. The van der Waals surface area contributed by atoms with Gasteiger partial charge in [-0.25, -0.2) is 4.39 Å². The van der Waals surface area contributed by atoms with Crippen molar-refractivity contribution < 1.29 is 14.4 Å². The van der Waals surface area contributed by atoms with Gasteiger partial charge in [-0.1, -0.05) is 16.8 Å². The Bertz CT molecular complexity index is 501. The van der Waals surface area contributed by atoms with Crippen molar-refractivity contribution in [1.82, 2.24) is 4.90 Å². The van der Waals surface area contributed by atoms with Crippen LogP contribution in [0.2, 0.25) is 0 Å². The van der Waals surface area contributed by atoms with E-state index in [1.165, 1.54) is 17.0 Å². The van der Waals surface area contributed by atoms with Crippen LogP contribution in [-0.2, 0) is 0 Å². The first kappa shape index (κ1) is 14.9. The van der Waals surface area contributed by atoms with E-state index in [9.17, 15) is 9.18 Å². The van der Waals surface area contributed by atoms with Gasteiger partial charge in [-0.15, -0.1) is 0 Å². The molecule has 0 aromatic heterocycles. The highest BCUT2D eigenvalue weighted by Crippen LogP contribution is 2.14. The first-order chi connectivity index (χ1) is 8.86. The monoisotopic (exact) mass is 267 g/mol. The molecule has 1 aromatic carbocycles. The number of aryl methyl sites for hydroxylation is 1. The van der Waals surface area contributed by atoms with Gasteiger partial charge in [0.25, 0.3) is 5.91 Å². The highest BCUT2D eigenvalue weighted by Gasteiger charge is 2.22. The maximum atomic E-state index is 13.7. The predicted octanol–water partition coefficient (Wildman–Crippen LogP) is 1.73. The lowest BCUT2D eigenvalue weighted by atomic mass is 10.1. The van der Waals surface area contributed by atoms with Gasteiger partial charge in [-0.05, 0) is 32.9 Å². The van der Waals surface area contributed by atoms with Crippen molar-refractivity contribution in [3.63, 3.8) is 0 Å². The van der Waals surface area contributed by atoms with Crippen molar-refractivity contribution in [2.75, 3.05) is 6.54 Å². The highest BCUT2D eigenvalue weighted by atomic mass is 19.1. The fourth-order valence-corrected chi connectivity index (χ4v) is 1.65. The molecule has 5 nitrogen and oxygen atoms in total. The number of amides is 1. The maximum absolute atomic E-state index is 13.7. The molecule has 0 bridgehead atoms. The molecule has 0 spiro atoms. The molecule has 6 heteroatoms. The van der Waals surface area contributed by atoms with Crippen molar-refractivity contribution in [3.05, 3.63) is 35.1 Å². The minimum absolute atomic E-state index is 0.0144. The zero-order valence-electron chi connectivity index (χ0n) is 11.2. The lowest BCUT2D eigenvalue weighted by Gasteiger charge is -2.26. The summed E-state index contributed by atoms with van der Waals surface area (Å²) in [5.74, 6) is -1.17. The van der Waals surface area contributed by atoms with Crippen LogP contribution in [0.1, 0.15) is 29.8 Å². The second kappa shape index (κ2) is 6.17. The normalized spacial score (nSPS) is 11.7. The summed E-state index contributed by atoms with van der Waals surface area (Å²) in [6.45, 7) is 5.27. The van der Waals surface area contributed by atoms with Gasteiger partial charge in [0.1, 0.15) is 5.82 Å². The standard InChI is InChI=1S/C13H18FN3O2/c1-8(2)17(7-12(15)16-19)13(18)10-6-9(3)4-5-11(10)14/h4-6,8,19H,7H2,1-3H3,(H2,15,16). The van der Waals surface area contributed by atoms with Crippen LogP contribution in [-0.4, -0.2) is 34.4 Å². The Labute approximate surface area is 111 Å². The van der Waals surface area contributed by atoms with Gasteiger partial charge >= 0.3 is 0 Å². The molecule has 0 unspecified atom stereocenters. The van der Waals surface area contributed by atoms with E-state index >= 15 is 0 Å². The number of benzene rings is 1. The molecule has 19 heavy (non-hydrogen) atoms. The molecular weight excluding hydrogens is 249 g/mol. The summed E-state index contributed by atoms with van der Waals surface area (Å²) in [5.41, 5.74) is 6.18. The van der Waals surface area contributed by atoms with Crippen molar-refractivity contribution in [2.24, 2.45) is 10.9 Å². The molecule has 3 N–H and O–H groups in total. The number of hydrogen-bond donors (Lipinski definition) is 2. The van der Waals surface area contributed by atoms with E-state index in [-0.39, 0.29) is 24.0 Å². The molecular formula is C13H18FN3O2. The quantitative estimate of drug-likeness (QED) is 0.377. The number of carbonyl (C=O) groups excluding carboxylic acids is 1. The van der Waals surface area contributed by atoms with Gasteiger partial charge in [-0.3, -0.25) is 4.79 Å². The number of carbonyl (C=O) groups is 1. The van der Waals surface area contributed by atoms with Gasteiger partial charge in [0.2, 0.25) is 0 Å². The summed E-state index contributed by atoms with van der Waals surface area (Å²) in [6, 6.07) is 4.13. The van der Waals surface area contributed by atoms with Gasteiger partial charge in [0, 0.05) is 6.04 Å². The Kier molecular flexibility index (Phi) is 4.86. The summed E-state index contributed by atoms with van der Waals surface area (Å²) in [4.78, 5) is 13.6. The summed E-state index contributed by atoms with van der Waals surface area (Å²) in [5, 5.41) is 11.4. The molecule has 104 valence electrons. The van der Waals surface area contributed by atoms with E-state index < -0.39 is 11.7 Å². The second-order valence-electron chi connectivity index (χ2n) is 4.60. The molecule has 1 aromatic rings. The molecule has 1 rings (SSSR count). The van der Waals surface area contributed by atoms with Crippen LogP contribution in [0.25, 0.3) is 0 Å². The van der Waals surface area contributed by atoms with Crippen molar-refractivity contribution in [3.8, 4) is 0 Å². The minimum atomic E-state index is -0.583. The molecule has 0 atom stereocenters. The topological polar surface area (TPSA) is 78.9 Å². The summed E-state index contributed by atoms with van der Waals surface area (Å²) in [6.07, 6.45) is 0. The fourth-order valence-electron chi connectivity index (χ4n) is 1.65. The summed E-state index contributed by atoms with van der Waals surface area (Å²) >= 11 is 0. The van der Waals surface area contributed by atoms with E-state index in [4.69, 9.17) is 10.9 Å². The van der Waals surface area contributed by atoms with Crippen LogP contribution in [0.15, 0.2) is 23.4 Å². The third-order valence-corrected chi connectivity index (χ3v) is 2.70. The minimum Gasteiger partial charge on any atom is -0.409 e. The van der Waals surface area contributed by atoms with Crippen LogP contribution >= 0.6 is 0 Å². The van der Waals surface area contributed by atoms with Crippen LogP contribution in [0, 0.1) is 12.7 Å².